The topological polar surface area (TPSA) is 72.8 Å². The smallest absolute Gasteiger partial charge is 0.329 e. The van der Waals surface area contributed by atoms with Crippen molar-refractivity contribution in [2.45, 2.75) is 0 Å². The summed E-state index contributed by atoms with van der Waals surface area (Å²) in [6, 6.07) is 3.72. The number of benzene rings is 1. The first-order chi connectivity index (χ1) is 8.04. The van der Waals surface area contributed by atoms with Gasteiger partial charge in [0, 0.05) is 5.56 Å². The van der Waals surface area contributed by atoms with Crippen LogP contribution in [0.15, 0.2) is 18.2 Å². The van der Waals surface area contributed by atoms with Crippen LogP contribution in [-0.2, 0) is 9.53 Å². The lowest BCUT2D eigenvalue weighted by Crippen LogP contribution is -2.14. The number of halogens is 1. The van der Waals surface area contributed by atoms with Crippen molar-refractivity contribution in [3.05, 3.63) is 29.6 Å². The van der Waals surface area contributed by atoms with E-state index in [1.807, 2.05) is 0 Å². The van der Waals surface area contributed by atoms with E-state index < -0.39 is 30.8 Å². The molecule has 0 aliphatic carbocycles. The Hall–Kier alpha value is -1.95. The summed E-state index contributed by atoms with van der Waals surface area (Å²) < 4.78 is 22.6. The maximum atomic E-state index is 13.2. The number of aliphatic carboxylic acids is 1. The summed E-state index contributed by atoms with van der Waals surface area (Å²) in [5.41, 5.74) is 0.105. The molecule has 0 aromatic heterocycles. The SMILES string of the molecule is COc1ccc(C(=O)COCC(=O)O)cc1F. The van der Waals surface area contributed by atoms with Crippen molar-refractivity contribution in [3.8, 4) is 5.75 Å². The number of carboxylic acid groups (broad SMARTS) is 1. The molecule has 92 valence electrons. The van der Waals surface area contributed by atoms with Gasteiger partial charge in [-0.3, -0.25) is 4.79 Å². The highest BCUT2D eigenvalue weighted by Gasteiger charge is 2.10. The van der Waals surface area contributed by atoms with E-state index in [0.717, 1.165) is 6.07 Å². The lowest BCUT2D eigenvalue weighted by molar-refractivity contribution is -0.141. The predicted octanol–water partition coefficient (Wildman–Crippen LogP) is 1.12. The van der Waals surface area contributed by atoms with Gasteiger partial charge in [-0.15, -0.1) is 0 Å². The summed E-state index contributed by atoms with van der Waals surface area (Å²) >= 11 is 0. The molecule has 0 radical (unpaired) electrons. The van der Waals surface area contributed by atoms with Crippen LogP contribution in [0.25, 0.3) is 0 Å². The van der Waals surface area contributed by atoms with Gasteiger partial charge in [-0.05, 0) is 18.2 Å². The van der Waals surface area contributed by atoms with Gasteiger partial charge in [0.1, 0.15) is 13.2 Å². The monoisotopic (exact) mass is 242 g/mol. The number of hydrogen-bond donors (Lipinski definition) is 1. The number of carbonyl (C=O) groups is 2. The standard InChI is InChI=1S/C11H11FO5/c1-16-10-3-2-7(4-8(10)12)9(13)5-17-6-11(14)15/h2-4H,5-6H2,1H3,(H,14,15). The zero-order valence-electron chi connectivity index (χ0n) is 9.10. The van der Waals surface area contributed by atoms with Gasteiger partial charge in [-0.25, -0.2) is 9.18 Å². The molecule has 1 N–H and O–H groups in total. The van der Waals surface area contributed by atoms with Crippen LogP contribution in [0.1, 0.15) is 10.4 Å². The Bertz CT molecular complexity index is 430. The first-order valence-electron chi connectivity index (χ1n) is 4.71. The Morgan fingerprint density at radius 1 is 1.35 bits per heavy atom. The lowest BCUT2D eigenvalue weighted by atomic mass is 10.1. The molecular formula is C11H11FO5. The van der Waals surface area contributed by atoms with E-state index in [2.05, 4.69) is 4.74 Å². The Balaban J connectivity index is 2.63. The number of Topliss-reactive ketones (excluding diaryl/α,β-unsaturated/α-hetero) is 1. The van der Waals surface area contributed by atoms with Crippen LogP contribution in [-0.4, -0.2) is 37.2 Å². The third kappa shape index (κ3) is 3.84. The maximum Gasteiger partial charge on any atom is 0.329 e. The second kappa shape index (κ2) is 5.95. The van der Waals surface area contributed by atoms with E-state index in [1.54, 1.807) is 0 Å². The molecule has 0 spiro atoms. The molecule has 0 unspecified atom stereocenters. The molecular weight excluding hydrogens is 231 g/mol. The third-order valence-corrected chi connectivity index (χ3v) is 1.93. The molecule has 1 rings (SSSR count). The van der Waals surface area contributed by atoms with Crippen LogP contribution in [0.5, 0.6) is 5.75 Å². The van der Waals surface area contributed by atoms with Gasteiger partial charge < -0.3 is 14.6 Å². The number of ketones is 1. The van der Waals surface area contributed by atoms with Crippen LogP contribution in [0.3, 0.4) is 0 Å². The predicted molar refractivity (Wildman–Crippen MR) is 55.7 cm³/mol. The molecule has 0 atom stereocenters. The molecule has 0 heterocycles. The minimum absolute atomic E-state index is 0.0352. The molecule has 0 saturated carbocycles. The van der Waals surface area contributed by atoms with E-state index in [1.165, 1.54) is 19.2 Å². The normalized spacial score (nSPS) is 10.0. The molecule has 0 amide bonds. The molecule has 0 bridgehead atoms. The van der Waals surface area contributed by atoms with Gasteiger partial charge in [0.15, 0.2) is 17.3 Å². The Kier molecular flexibility index (Phi) is 4.59. The summed E-state index contributed by atoms with van der Waals surface area (Å²) in [7, 11) is 1.32. The van der Waals surface area contributed by atoms with Gasteiger partial charge in [0.05, 0.1) is 7.11 Å². The van der Waals surface area contributed by atoms with E-state index in [9.17, 15) is 14.0 Å². The Labute approximate surface area is 96.8 Å². The van der Waals surface area contributed by atoms with Gasteiger partial charge in [-0.1, -0.05) is 0 Å². The van der Waals surface area contributed by atoms with E-state index in [-0.39, 0.29) is 11.3 Å². The molecule has 5 nitrogen and oxygen atoms in total. The van der Waals surface area contributed by atoms with Crippen molar-refractivity contribution in [1.29, 1.82) is 0 Å². The Morgan fingerprint density at radius 3 is 2.59 bits per heavy atom. The summed E-state index contributed by atoms with van der Waals surface area (Å²) in [6.45, 7) is -0.970. The molecule has 0 saturated heterocycles. The number of methoxy groups -OCH3 is 1. The molecule has 1 aromatic rings. The fourth-order valence-corrected chi connectivity index (χ4v) is 1.15. The number of hydrogen-bond acceptors (Lipinski definition) is 4. The first kappa shape index (κ1) is 13.1. The van der Waals surface area contributed by atoms with E-state index >= 15 is 0 Å². The van der Waals surface area contributed by atoms with Crippen molar-refractivity contribution >= 4 is 11.8 Å². The molecule has 6 heteroatoms. The highest BCUT2D eigenvalue weighted by atomic mass is 19.1. The van der Waals surface area contributed by atoms with Crippen LogP contribution in [0, 0.1) is 5.82 Å². The van der Waals surface area contributed by atoms with Gasteiger partial charge >= 0.3 is 5.97 Å². The van der Waals surface area contributed by atoms with Crippen LogP contribution in [0.4, 0.5) is 4.39 Å². The molecule has 0 fully saturated rings. The van der Waals surface area contributed by atoms with Crippen LogP contribution in [0.2, 0.25) is 0 Å². The molecule has 17 heavy (non-hydrogen) atoms. The number of carbonyl (C=O) groups excluding carboxylic acids is 1. The molecule has 0 aliphatic rings. The fourth-order valence-electron chi connectivity index (χ4n) is 1.15. The minimum atomic E-state index is -1.17. The highest BCUT2D eigenvalue weighted by molar-refractivity contribution is 5.97. The van der Waals surface area contributed by atoms with Crippen molar-refractivity contribution in [2.24, 2.45) is 0 Å². The van der Waals surface area contributed by atoms with Crippen molar-refractivity contribution < 1.29 is 28.6 Å². The second-order valence-corrected chi connectivity index (χ2v) is 3.16. The van der Waals surface area contributed by atoms with Crippen molar-refractivity contribution in [1.82, 2.24) is 0 Å². The first-order valence-corrected chi connectivity index (χ1v) is 4.71. The number of ether oxygens (including phenoxy) is 2. The summed E-state index contributed by atoms with van der Waals surface area (Å²) in [6.07, 6.45) is 0. The lowest BCUT2D eigenvalue weighted by Gasteiger charge is -2.04. The molecule has 1 aromatic carbocycles. The molecule has 0 aliphatic heterocycles. The number of rotatable bonds is 6. The average molecular weight is 242 g/mol. The second-order valence-electron chi connectivity index (χ2n) is 3.16. The van der Waals surface area contributed by atoms with Gasteiger partial charge in [0.2, 0.25) is 0 Å². The Morgan fingerprint density at radius 2 is 2.06 bits per heavy atom. The highest BCUT2D eigenvalue weighted by Crippen LogP contribution is 2.17. The van der Waals surface area contributed by atoms with Crippen molar-refractivity contribution in [3.63, 3.8) is 0 Å². The van der Waals surface area contributed by atoms with Gasteiger partial charge in [-0.2, -0.15) is 0 Å². The maximum absolute atomic E-state index is 13.2. The quantitative estimate of drug-likeness (QED) is 0.757. The van der Waals surface area contributed by atoms with E-state index in [0.29, 0.717) is 0 Å². The zero-order valence-corrected chi connectivity index (χ0v) is 9.10. The average Bonchev–Trinajstić information content (AvgIpc) is 2.28. The van der Waals surface area contributed by atoms with Gasteiger partial charge in [0.25, 0.3) is 0 Å². The fraction of sp³-hybridized carbons (Fsp3) is 0.273. The van der Waals surface area contributed by atoms with E-state index in [4.69, 9.17) is 9.84 Å². The zero-order chi connectivity index (χ0) is 12.8. The third-order valence-electron chi connectivity index (χ3n) is 1.93. The summed E-state index contributed by atoms with van der Waals surface area (Å²) in [5.74, 6) is -2.28. The van der Waals surface area contributed by atoms with Crippen LogP contribution < -0.4 is 4.74 Å². The summed E-state index contributed by atoms with van der Waals surface area (Å²) in [5, 5.41) is 8.30. The van der Waals surface area contributed by atoms with Crippen molar-refractivity contribution in [2.75, 3.05) is 20.3 Å². The largest absolute Gasteiger partial charge is 0.494 e. The number of carboxylic acids is 1. The summed E-state index contributed by atoms with van der Waals surface area (Å²) in [4.78, 5) is 21.6. The minimum Gasteiger partial charge on any atom is -0.494 e. The van der Waals surface area contributed by atoms with Crippen LogP contribution >= 0.6 is 0 Å².